The fourth-order valence-electron chi connectivity index (χ4n) is 5.29. The van der Waals surface area contributed by atoms with E-state index in [0.29, 0.717) is 28.4 Å². The molecule has 1 atom stereocenters. The van der Waals surface area contributed by atoms with Crippen molar-refractivity contribution in [3.05, 3.63) is 70.3 Å². The van der Waals surface area contributed by atoms with Gasteiger partial charge in [-0.3, -0.25) is 14.4 Å². The lowest BCUT2D eigenvalue weighted by molar-refractivity contribution is -0.131. The molecule has 1 fully saturated rings. The van der Waals surface area contributed by atoms with Gasteiger partial charge in [0, 0.05) is 24.3 Å². The van der Waals surface area contributed by atoms with Crippen molar-refractivity contribution in [1.29, 1.82) is 0 Å². The van der Waals surface area contributed by atoms with Gasteiger partial charge in [-0.15, -0.1) is 0 Å². The number of ketones is 3. The topological polar surface area (TPSA) is 60.4 Å². The first-order chi connectivity index (χ1) is 15.8. The Hall–Kier alpha value is -3.01. The predicted molar refractivity (Wildman–Crippen MR) is 130 cm³/mol. The number of allylic oxidation sites excluding steroid dienone is 2. The minimum absolute atomic E-state index is 0.00596. The van der Waals surface area contributed by atoms with Crippen LogP contribution < -0.4 is 4.74 Å². The van der Waals surface area contributed by atoms with Gasteiger partial charge in [0.1, 0.15) is 5.75 Å². The third-order valence-electron chi connectivity index (χ3n) is 7.26. The Labute approximate surface area is 196 Å². The van der Waals surface area contributed by atoms with Crippen molar-refractivity contribution < 1.29 is 19.1 Å². The summed E-state index contributed by atoms with van der Waals surface area (Å²) < 4.78 is 5.59. The Kier molecular flexibility index (Phi) is 6.64. The Morgan fingerprint density at radius 1 is 1.00 bits per heavy atom. The van der Waals surface area contributed by atoms with Crippen LogP contribution in [0, 0.1) is 18.8 Å². The molecule has 0 saturated heterocycles. The average molecular weight is 445 g/mol. The molecule has 2 aliphatic carbocycles. The van der Waals surface area contributed by atoms with Gasteiger partial charge < -0.3 is 4.74 Å². The molecule has 0 aliphatic heterocycles. The van der Waals surface area contributed by atoms with Crippen molar-refractivity contribution in [2.75, 3.05) is 7.11 Å². The van der Waals surface area contributed by atoms with Crippen LogP contribution in [0.3, 0.4) is 0 Å². The third-order valence-corrected chi connectivity index (χ3v) is 7.26. The van der Waals surface area contributed by atoms with E-state index in [2.05, 4.69) is 31.2 Å². The van der Waals surface area contributed by atoms with Crippen LogP contribution in [-0.4, -0.2) is 24.5 Å². The van der Waals surface area contributed by atoms with E-state index in [-0.39, 0.29) is 17.6 Å². The monoisotopic (exact) mass is 444 g/mol. The van der Waals surface area contributed by atoms with Crippen molar-refractivity contribution in [1.82, 2.24) is 0 Å². The van der Waals surface area contributed by atoms with Crippen LogP contribution >= 0.6 is 0 Å². The molecule has 4 heteroatoms. The molecule has 0 heterocycles. The van der Waals surface area contributed by atoms with Crippen molar-refractivity contribution in [3.8, 4) is 5.75 Å². The molecule has 0 amide bonds. The van der Waals surface area contributed by atoms with Crippen LogP contribution in [-0.2, 0) is 16.0 Å². The van der Waals surface area contributed by atoms with Gasteiger partial charge in [-0.1, -0.05) is 42.8 Å². The van der Waals surface area contributed by atoms with E-state index < -0.39 is 11.6 Å². The van der Waals surface area contributed by atoms with Gasteiger partial charge in [0.2, 0.25) is 5.78 Å². The lowest BCUT2D eigenvalue weighted by Gasteiger charge is -2.28. The maximum Gasteiger partial charge on any atom is 0.228 e. The quantitative estimate of drug-likeness (QED) is 0.394. The summed E-state index contributed by atoms with van der Waals surface area (Å²) in [5, 5.41) is 0. The minimum atomic E-state index is -0.499. The van der Waals surface area contributed by atoms with Gasteiger partial charge in [0.25, 0.3) is 0 Å². The standard InChI is InChI=1S/C29H32O4/c1-17-5-7-20(8-6-17)14-21-9-11-22(12-10-21)29(32)26-15-24-23(16-27(26)33-4)18(2)13-25(24)28(31)19(3)30/h5-8,13,15-16,18,21-22H,9-12,14H2,1-4H3. The molecule has 2 aromatic rings. The highest BCUT2D eigenvalue weighted by molar-refractivity contribution is 6.53. The largest absolute Gasteiger partial charge is 0.496 e. The SMILES string of the molecule is COc1cc2c(cc1C(=O)C1CCC(Cc3ccc(C)cc3)CC1)C(C(=O)C(C)=O)=CC2C. The van der Waals surface area contributed by atoms with Crippen molar-refractivity contribution >= 4 is 22.9 Å². The molecule has 4 rings (SSSR count). The first-order valence-corrected chi connectivity index (χ1v) is 11.9. The predicted octanol–water partition coefficient (Wildman–Crippen LogP) is 5.89. The fraction of sp³-hybridized carbons (Fsp3) is 0.414. The summed E-state index contributed by atoms with van der Waals surface area (Å²) >= 11 is 0. The molecule has 0 aromatic heterocycles. The number of hydrogen-bond acceptors (Lipinski definition) is 4. The maximum absolute atomic E-state index is 13.5. The molecule has 1 unspecified atom stereocenters. The Morgan fingerprint density at radius 2 is 1.67 bits per heavy atom. The van der Waals surface area contributed by atoms with Crippen molar-refractivity contribution in [3.63, 3.8) is 0 Å². The molecule has 1 saturated carbocycles. The fourth-order valence-corrected chi connectivity index (χ4v) is 5.29. The molecule has 0 N–H and O–H groups in total. The van der Waals surface area contributed by atoms with Crippen LogP contribution in [0.1, 0.15) is 78.1 Å². The number of carbonyl (C=O) groups excluding carboxylic acids is 3. The Balaban J connectivity index is 1.51. The normalized spacial score (nSPS) is 21.8. The molecule has 4 nitrogen and oxygen atoms in total. The van der Waals surface area contributed by atoms with E-state index in [1.54, 1.807) is 13.2 Å². The van der Waals surface area contributed by atoms with Crippen molar-refractivity contribution in [2.24, 2.45) is 11.8 Å². The van der Waals surface area contributed by atoms with Crippen molar-refractivity contribution in [2.45, 2.75) is 58.8 Å². The van der Waals surface area contributed by atoms with E-state index in [4.69, 9.17) is 4.74 Å². The van der Waals surface area contributed by atoms with Gasteiger partial charge >= 0.3 is 0 Å². The summed E-state index contributed by atoms with van der Waals surface area (Å²) in [4.78, 5) is 37.7. The first kappa shape index (κ1) is 23.2. The molecule has 0 radical (unpaired) electrons. The Bertz CT molecular complexity index is 1120. The van der Waals surface area contributed by atoms with Crippen LogP contribution in [0.25, 0.3) is 5.57 Å². The number of carbonyl (C=O) groups is 3. The summed E-state index contributed by atoms with van der Waals surface area (Å²) in [6.07, 6.45) is 6.66. The molecular weight excluding hydrogens is 412 g/mol. The Morgan fingerprint density at radius 3 is 2.27 bits per heavy atom. The van der Waals surface area contributed by atoms with Gasteiger partial charge in [0.05, 0.1) is 12.7 Å². The molecular formula is C29H32O4. The molecule has 33 heavy (non-hydrogen) atoms. The number of benzene rings is 2. The van der Waals surface area contributed by atoms with Gasteiger partial charge in [-0.05, 0) is 73.8 Å². The lowest BCUT2D eigenvalue weighted by atomic mass is 9.76. The lowest BCUT2D eigenvalue weighted by Crippen LogP contribution is -2.23. The maximum atomic E-state index is 13.5. The zero-order valence-corrected chi connectivity index (χ0v) is 19.9. The number of ether oxygens (including phenoxy) is 1. The number of hydrogen-bond donors (Lipinski definition) is 0. The second-order valence-corrected chi connectivity index (χ2v) is 9.67. The molecule has 2 aliphatic rings. The van der Waals surface area contributed by atoms with E-state index in [9.17, 15) is 14.4 Å². The van der Waals surface area contributed by atoms with E-state index in [1.807, 2.05) is 19.1 Å². The van der Waals surface area contributed by atoms with E-state index >= 15 is 0 Å². The van der Waals surface area contributed by atoms with Gasteiger partial charge in [-0.2, -0.15) is 0 Å². The van der Waals surface area contributed by atoms with Crippen LogP contribution in [0.15, 0.2) is 42.5 Å². The molecule has 2 aromatic carbocycles. The zero-order valence-electron chi connectivity index (χ0n) is 19.9. The highest BCUT2D eigenvalue weighted by Gasteiger charge is 2.33. The number of fused-ring (bicyclic) bond motifs is 1. The second kappa shape index (κ2) is 9.46. The van der Waals surface area contributed by atoms with Crippen LogP contribution in [0.4, 0.5) is 0 Å². The summed E-state index contributed by atoms with van der Waals surface area (Å²) in [7, 11) is 1.58. The summed E-state index contributed by atoms with van der Waals surface area (Å²) in [6, 6.07) is 12.4. The van der Waals surface area contributed by atoms with E-state index in [0.717, 1.165) is 37.7 Å². The summed E-state index contributed by atoms with van der Waals surface area (Å²) in [5.41, 5.74) is 5.18. The molecule has 0 spiro atoms. The molecule has 172 valence electrons. The summed E-state index contributed by atoms with van der Waals surface area (Å²) in [5.74, 6) is 0.199. The van der Waals surface area contributed by atoms with Crippen LogP contribution in [0.2, 0.25) is 0 Å². The highest BCUT2D eigenvalue weighted by atomic mass is 16.5. The van der Waals surface area contributed by atoms with E-state index in [1.165, 1.54) is 18.1 Å². The minimum Gasteiger partial charge on any atom is -0.496 e. The van der Waals surface area contributed by atoms with Crippen LogP contribution in [0.5, 0.6) is 5.75 Å². The smallest absolute Gasteiger partial charge is 0.228 e. The number of aryl methyl sites for hydroxylation is 1. The summed E-state index contributed by atoms with van der Waals surface area (Å²) in [6.45, 7) is 5.37. The first-order valence-electron chi connectivity index (χ1n) is 11.9. The number of Topliss-reactive ketones (excluding diaryl/α,β-unsaturated/α-hetero) is 3. The van der Waals surface area contributed by atoms with Gasteiger partial charge in [-0.25, -0.2) is 0 Å². The second-order valence-electron chi connectivity index (χ2n) is 9.67. The molecule has 0 bridgehead atoms. The van der Waals surface area contributed by atoms with Gasteiger partial charge in [0.15, 0.2) is 11.6 Å². The average Bonchev–Trinajstić information content (AvgIpc) is 3.14. The number of methoxy groups -OCH3 is 1. The zero-order chi connectivity index (χ0) is 23.7. The highest BCUT2D eigenvalue weighted by Crippen LogP contribution is 2.42. The third kappa shape index (κ3) is 4.71. The number of rotatable bonds is 7.